The second kappa shape index (κ2) is 6.46. The summed E-state index contributed by atoms with van der Waals surface area (Å²) in [5.41, 5.74) is 0.233. The van der Waals surface area contributed by atoms with Gasteiger partial charge in [0.25, 0.3) is 0 Å². The van der Waals surface area contributed by atoms with Gasteiger partial charge < -0.3 is 5.41 Å². The van der Waals surface area contributed by atoms with Crippen molar-refractivity contribution in [3.05, 3.63) is 0 Å². The highest BCUT2D eigenvalue weighted by Crippen LogP contribution is 2.01. The maximum atomic E-state index is 9.94. The molecule has 0 saturated heterocycles. The Labute approximate surface area is 62.1 Å². The molecule has 2 heteroatoms. The van der Waals surface area contributed by atoms with Gasteiger partial charge in [-0.3, -0.25) is 4.79 Å². The average Bonchev–Trinajstić information content (AvgIpc) is 1.98. The molecule has 1 N–H and O–H groups in total. The highest BCUT2D eigenvalue weighted by Gasteiger charge is 1.92. The van der Waals surface area contributed by atoms with Crippen LogP contribution < -0.4 is 0 Å². The van der Waals surface area contributed by atoms with Crippen molar-refractivity contribution < 1.29 is 4.79 Å². The van der Waals surface area contributed by atoms with Crippen LogP contribution in [0.5, 0.6) is 0 Å². The van der Waals surface area contributed by atoms with Crippen molar-refractivity contribution in [2.75, 3.05) is 0 Å². The minimum Gasteiger partial charge on any atom is -0.302 e. The van der Waals surface area contributed by atoms with E-state index in [4.69, 9.17) is 5.41 Å². The highest BCUT2D eigenvalue weighted by atomic mass is 16.1. The fraction of sp³-hybridized carbons (Fsp3) is 0.750. The van der Waals surface area contributed by atoms with Crippen LogP contribution in [0.15, 0.2) is 0 Å². The Hall–Kier alpha value is -0.660. The van der Waals surface area contributed by atoms with E-state index in [1.165, 1.54) is 12.8 Å². The molecule has 10 heavy (non-hydrogen) atoms. The number of carbonyl (C=O) groups excluding carboxylic acids is 1. The first kappa shape index (κ1) is 9.34. The van der Waals surface area contributed by atoms with Gasteiger partial charge in [-0.25, -0.2) is 0 Å². The van der Waals surface area contributed by atoms with Crippen LogP contribution in [0.2, 0.25) is 0 Å². The molecule has 58 valence electrons. The molecule has 0 spiro atoms. The summed E-state index contributed by atoms with van der Waals surface area (Å²) in [5.74, 6) is 0. The lowest BCUT2D eigenvalue weighted by Gasteiger charge is -1.95. The normalized spacial score (nSPS) is 9.30. The second-order valence-electron chi connectivity index (χ2n) is 2.45. The van der Waals surface area contributed by atoms with E-state index >= 15 is 0 Å². The monoisotopic (exact) mass is 141 g/mol. The van der Waals surface area contributed by atoms with Gasteiger partial charge in [-0.2, -0.15) is 0 Å². The van der Waals surface area contributed by atoms with Crippen molar-refractivity contribution in [2.45, 2.75) is 39.0 Å². The molecule has 0 radical (unpaired) electrons. The summed E-state index contributed by atoms with van der Waals surface area (Å²) >= 11 is 0. The first-order valence-electron chi connectivity index (χ1n) is 3.84. The first-order chi connectivity index (χ1) is 4.81. The summed E-state index contributed by atoms with van der Waals surface area (Å²) < 4.78 is 0. The SMILES string of the molecule is CCCCCCC(=N)C=O. The van der Waals surface area contributed by atoms with E-state index in [1.54, 1.807) is 0 Å². The van der Waals surface area contributed by atoms with Crippen LogP contribution in [0.1, 0.15) is 39.0 Å². The van der Waals surface area contributed by atoms with Crippen molar-refractivity contribution in [1.29, 1.82) is 5.41 Å². The molecule has 0 heterocycles. The molecule has 0 fully saturated rings. The number of unbranched alkanes of at least 4 members (excludes halogenated alkanes) is 3. The van der Waals surface area contributed by atoms with E-state index in [1.807, 2.05) is 0 Å². The number of nitrogens with one attached hydrogen (secondary N) is 1. The van der Waals surface area contributed by atoms with Gasteiger partial charge in [0.15, 0.2) is 6.29 Å². The first-order valence-corrected chi connectivity index (χ1v) is 3.84. The molecule has 0 aromatic rings. The van der Waals surface area contributed by atoms with Gasteiger partial charge >= 0.3 is 0 Å². The third-order valence-electron chi connectivity index (χ3n) is 1.44. The van der Waals surface area contributed by atoms with Crippen LogP contribution in [0.25, 0.3) is 0 Å². The lowest BCUT2D eigenvalue weighted by atomic mass is 10.1. The lowest BCUT2D eigenvalue weighted by molar-refractivity contribution is -0.102. The molecule has 0 saturated carbocycles. The van der Waals surface area contributed by atoms with Crippen LogP contribution in [0.4, 0.5) is 0 Å². The fourth-order valence-electron chi connectivity index (χ4n) is 0.801. The van der Waals surface area contributed by atoms with Crippen molar-refractivity contribution in [3.63, 3.8) is 0 Å². The Bertz CT molecular complexity index is 110. The Kier molecular flexibility index (Phi) is 6.03. The Morgan fingerprint density at radius 3 is 2.60 bits per heavy atom. The standard InChI is InChI=1S/C8H15NO/c1-2-3-4-5-6-8(9)7-10/h7,9H,2-6H2,1H3. The minimum absolute atomic E-state index is 0.233. The van der Waals surface area contributed by atoms with Crippen LogP contribution in [0, 0.1) is 5.41 Å². The molecule has 0 bridgehead atoms. The van der Waals surface area contributed by atoms with Crippen LogP contribution in [-0.2, 0) is 4.79 Å². The zero-order chi connectivity index (χ0) is 7.82. The molecule has 0 aliphatic heterocycles. The van der Waals surface area contributed by atoms with Gasteiger partial charge in [-0.05, 0) is 12.8 Å². The van der Waals surface area contributed by atoms with E-state index in [0.29, 0.717) is 12.7 Å². The average molecular weight is 141 g/mol. The molecule has 0 aromatic heterocycles. The lowest BCUT2D eigenvalue weighted by Crippen LogP contribution is -1.96. The number of hydrogen-bond donors (Lipinski definition) is 1. The van der Waals surface area contributed by atoms with Crippen molar-refractivity contribution in [3.8, 4) is 0 Å². The molecule has 0 aromatic carbocycles. The number of aldehydes is 1. The third kappa shape index (κ3) is 5.48. The minimum atomic E-state index is 0.233. The largest absolute Gasteiger partial charge is 0.302 e. The zero-order valence-electron chi connectivity index (χ0n) is 6.52. The number of carbonyl (C=O) groups is 1. The Balaban J connectivity index is 3.03. The molecule has 0 atom stereocenters. The predicted octanol–water partition coefficient (Wildman–Crippen LogP) is 2.18. The molecule has 0 rings (SSSR count). The van der Waals surface area contributed by atoms with Gasteiger partial charge in [0, 0.05) is 0 Å². The summed E-state index contributed by atoms with van der Waals surface area (Å²) in [6.45, 7) is 2.14. The molecule has 0 aliphatic carbocycles. The van der Waals surface area contributed by atoms with E-state index in [0.717, 1.165) is 12.8 Å². The van der Waals surface area contributed by atoms with Gasteiger partial charge in [0.1, 0.15) is 0 Å². The van der Waals surface area contributed by atoms with E-state index in [-0.39, 0.29) is 5.71 Å². The van der Waals surface area contributed by atoms with Crippen molar-refractivity contribution in [1.82, 2.24) is 0 Å². The maximum absolute atomic E-state index is 9.94. The third-order valence-corrected chi connectivity index (χ3v) is 1.44. The summed E-state index contributed by atoms with van der Waals surface area (Å²) in [6, 6.07) is 0. The second-order valence-corrected chi connectivity index (χ2v) is 2.45. The van der Waals surface area contributed by atoms with Gasteiger partial charge in [-0.15, -0.1) is 0 Å². The highest BCUT2D eigenvalue weighted by molar-refractivity contribution is 6.26. The van der Waals surface area contributed by atoms with Gasteiger partial charge in [-0.1, -0.05) is 26.2 Å². The maximum Gasteiger partial charge on any atom is 0.163 e. The Morgan fingerprint density at radius 1 is 1.40 bits per heavy atom. The number of hydrogen-bond acceptors (Lipinski definition) is 2. The molecule has 2 nitrogen and oxygen atoms in total. The Morgan fingerprint density at radius 2 is 2.10 bits per heavy atom. The van der Waals surface area contributed by atoms with Crippen LogP contribution >= 0.6 is 0 Å². The topological polar surface area (TPSA) is 40.9 Å². The van der Waals surface area contributed by atoms with E-state index < -0.39 is 0 Å². The van der Waals surface area contributed by atoms with Gasteiger partial charge in [0.05, 0.1) is 5.71 Å². The number of rotatable bonds is 6. The fourth-order valence-corrected chi connectivity index (χ4v) is 0.801. The van der Waals surface area contributed by atoms with E-state index in [2.05, 4.69) is 6.92 Å². The van der Waals surface area contributed by atoms with Gasteiger partial charge in [0.2, 0.25) is 0 Å². The molecular weight excluding hydrogens is 126 g/mol. The molecular formula is C8H15NO. The molecule has 0 aliphatic rings. The van der Waals surface area contributed by atoms with Crippen molar-refractivity contribution in [2.24, 2.45) is 0 Å². The quantitative estimate of drug-likeness (QED) is 0.344. The smallest absolute Gasteiger partial charge is 0.163 e. The molecule has 0 amide bonds. The van der Waals surface area contributed by atoms with Crippen LogP contribution in [0.3, 0.4) is 0 Å². The summed E-state index contributed by atoms with van der Waals surface area (Å²) in [7, 11) is 0. The summed E-state index contributed by atoms with van der Waals surface area (Å²) in [4.78, 5) is 9.94. The van der Waals surface area contributed by atoms with Crippen LogP contribution in [-0.4, -0.2) is 12.0 Å². The summed E-state index contributed by atoms with van der Waals surface area (Å²) in [6.07, 6.45) is 5.84. The van der Waals surface area contributed by atoms with Crippen molar-refractivity contribution >= 4 is 12.0 Å². The van der Waals surface area contributed by atoms with E-state index in [9.17, 15) is 4.79 Å². The summed E-state index contributed by atoms with van der Waals surface area (Å²) in [5, 5.41) is 7.00. The zero-order valence-corrected chi connectivity index (χ0v) is 6.52. The molecule has 0 unspecified atom stereocenters. The predicted molar refractivity (Wildman–Crippen MR) is 42.5 cm³/mol.